The fraction of sp³-hybridized carbons (Fsp3) is 0.400. The van der Waals surface area contributed by atoms with E-state index < -0.39 is 0 Å². The molecule has 1 N–H and O–H groups in total. The molecule has 0 saturated carbocycles. The minimum Gasteiger partial charge on any atom is -0.497 e. The van der Waals surface area contributed by atoms with E-state index in [9.17, 15) is 0 Å². The molecule has 1 aliphatic heterocycles. The molecule has 2 heterocycles. The third-order valence-corrected chi connectivity index (χ3v) is 5.17. The minimum absolute atomic E-state index is 0.0489. The van der Waals surface area contributed by atoms with E-state index in [2.05, 4.69) is 45.5 Å². The molecule has 6 nitrogen and oxygen atoms in total. The summed E-state index contributed by atoms with van der Waals surface area (Å²) in [5.41, 5.74) is 1.98. The van der Waals surface area contributed by atoms with Crippen molar-refractivity contribution in [3.8, 4) is 5.75 Å². The van der Waals surface area contributed by atoms with Crippen LogP contribution in [0.3, 0.4) is 0 Å². The number of ether oxygens (including phenoxy) is 1. The van der Waals surface area contributed by atoms with E-state index in [1.807, 2.05) is 16.9 Å². The number of rotatable bonds is 5. The molecule has 1 aliphatic rings. The summed E-state index contributed by atoms with van der Waals surface area (Å²) in [4.78, 5) is 2.49. The lowest BCUT2D eigenvalue weighted by atomic mass is 10.0. The predicted molar refractivity (Wildman–Crippen MR) is 100.0 cm³/mol. The van der Waals surface area contributed by atoms with Gasteiger partial charge in [0.25, 0.3) is 0 Å². The number of aliphatic hydroxyl groups is 1. The van der Waals surface area contributed by atoms with Crippen LogP contribution < -0.4 is 4.74 Å². The highest BCUT2D eigenvalue weighted by molar-refractivity contribution is 5.84. The van der Waals surface area contributed by atoms with Gasteiger partial charge in [0.05, 0.1) is 26.0 Å². The Labute approximate surface area is 153 Å². The summed E-state index contributed by atoms with van der Waals surface area (Å²) in [5.74, 6) is 0.893. The van der Waals surface area contributed by atoms with Gasteiger partial charge in [-0.05, 0) is 47.4 Å². The van der Waals surface area contributed by atoms with Gasteiger partial charge in [-0.15, -0.1) is 5.10 Å². The lowest BCUT2D eigenvalue weighted by Gasteiger charge is -2.31. The Morgan fingerprint density at radius 2 is 1.88 bits per heavy atom. The van der Waals surface area contributed by atoms with Crippen LogP contribution in [0.15, 0.2) is 42.6 Å². The second kappa shape index (κ2) is 7.43. The third-order valence-electron chi connectivity index (χ3n) is 5.17. The molecular weight excluding hydrogens is 328 g/mol. The van der Waals surface area contributed by atoms with Crippen molar-refractivity contribution < 1.29 is 9.84 Å². The fourth-order valence-electron chi connectivity index (χ4n) is 3.66. The van der Waals surface area contributed by atoms with Crippen molar-refractivity contribution in [2.24, 2.45) is 0 Å². The second-order valence-electron chi connectivity index (χ2n) is 6.90. The van der Waals surface area contributed by atoms with Gasteiger partial charge in [0.1, 0.15) is 11.4 Å². The standard InChI is InChI=1S/C20H24N4O2/c1-26-20-5-4-16-10-15(2-3-17(16)11-20)12-23-8-6-19(7-9-23)24-13-18(14-25)21-22-24/h2-5,10-11,13,19,25H,6-9,12,14H2,1H3. The Kier molecular flexibility index (Phi) is 4.86. The topological polar surface area (TPSA) is 63.4 Å². The largest absolute Gasteiger partial charge is 0.497 e. The molecule has 2 aromatic carbocycles. The third kappa shape index (κ3) is 3.57. The highest BCUT2D eigenvalue weighted by Crippen LogP contribution is 2.25. The molecule has 136 valence electrons. The van der Waals surface area contributed by atoms with Gasteiger partial charge in [0, 0.05) is 19.6 Å². The summed E-state index contributed by atoms with van der Waals surface area (Å²) in [6.45, 7) is 3.00. The Balaban J connectivity index is 1.38. The van der Waals surface area contributed by atoms with Crippen LogP contribution in [-0.4, -0.2) is 45.2 Å². The van der Waals surface area contributed by atoms with Crippen LogP contribution in [0.5, 0.6) is 5.75 Å². The number of aliphatic hydroxyl groups excluding tert-OH is 1. The summed E-state index contributed by atoms with van der Waals surface area (Å²) < 4.78 is 7.20. The number of methoxy groups -OCH3 is 1. The van der Waals surface area contributed by atoms with Crippen LogP contribution in [0.25, 0.3) is 10.8 Å². The van der Waals surface area contributed by atoms with Gasteiger partial charge in [-0.25, -0.2) is 4.68 Å². The first-order valence-corrected chi connectivity index (χ1v) is 9.06. The van der Waals surface area contributed by atoms with Gasteiger partial charge in [-0.2, -0.15) is 0 Å². The van der Waals surface area contributed by atoms with E-state index in [0.717, 1.165) is 38.2 Å². The summed E-state index contributed by atoms with van der Waals surface area (Å²) in [6.07, 6.45) is 3.97. The molecule has 0 amide bonds. The number of hydrogen-bond acceptors (Lipinski definition) is 5. The van der Waals surface area contributed by atoms with Crippen molar-refractivity contribution in [1.82, 2.24) is 19.9 Å². The number of fused-ring (bicyclic) bond motifs is 1. The molecule has 6 heteroatoms. The van der Waals surface area contributed by atoms with Crippen LogP contribution in [-0.2, 0) is 13.2 Å². The van der Waals surface area contributed by atoms with Crippen molar-refractivity contribution in [1.29, 1.82) is 0 Å². The van der Waals surface area contributed by atoms with Gasteiger partial charge in [-0.3, -0.25) is 4.90 Å². The van der Waals surface area contributed by atoms with Crippen molar-refractivity contribution in [3.05, 3.63) is 53.9 Å². The lowest BCUT2D eigenvalue weighted by Crippen LogP contribution is -2.34. The van der Waals surface area contributed by atoms with E-state index in [-0.39, 0.29) is 6.61 Å². The molecule has 0 unspecified atom stereocenters. The predicted octanol–water partition coefficient (Wildman–Crippen LogP) is 2.77. The average Bonchev–Trinajstić information content (AvgIpc) is 3.17. The Morgan fingerprint density at radius 3 is 2.62 bits per heavy atom. The molecular formula is C20H24N4O2. The fourth-order valence-corrected chi connectivity index (χ4v) is 3.66. The number of benzene rings is 2. The second-order valence-corrected chi connectivity index (χ2v) is 6.90. The zero-order chi connectivity index (χ0) is 17.9. The van der Waals surface area contributed by atoms with Crippen LogP contribution in [0.2, 0.25) is 0 Å². The molecule has 0 spiro atoms. The highest BCUT2D eigenvalue weighted by atomic mass is 16.5. The van der Waals surface area contributed by atoms with Gasteiger partial charge >= 0.3 is 0 Å². The zero-order valence-electron chi connectivity index (χ0n) is 15.0. The molecule has 1 aromatic heterocycles. The van der Waals surface area contributed by atoms with Crippen LogP contribution in [0, 0.1) is 0 Å². The lowest BCUT2D eigenvalue weighted by molar-refractivity contribution is 0.172. The van der Waals surface area contributed by atoms with Crippen molar-refractivity contribution in [3.63, 3.8) is 0 Å². The molecule has 0 atom stereocenters. The van der Waals surface area contributed by atoms with Crippen molar-refractivity contribution in [2.75, 3.05) is 20.2 Å². The first-order valence-electron chi connectivity index (χ1n) is 9.06. The molecule has 0 aliphatic carbocycles. The molecule has 3 aromatic rings. The van der Waals surface area contributed by atoms with Gasteiger partial charge in [0.15, 0.2) is 0 Å². The Bertz CT molecular complexity index is 884. The molecule has 0 radical (unpaired) electrons. The SMILES string of the molecule is COc1ccc2cc(CN3CCC(n4cc(CO)nn4)CC3)ccc2c1. The maximum Gasteiger partial charge on any atom is 0.119 e. The first-order chi connectivity index (χ1) is 12.7. The van der Waals surface area contributed by atoms with Crippen LogP contribution in [0.4, 0.5) is 0 Å². The van der Waals surface area contributed by atoms with Crippen LogP contribution in [0.1, 0.15) is 30.1 Å². The summed E-state index contributed by atoms with van der Waals surface area (Å²) in [7, 11) is 1.70. The Hall–Kier alpha value is -2.44. The minimum atomic E-state index is -0.0489. The molecule has 1 saturated heterocycles. The summed E-state index contributed by atoms with van der Waals surface area (Å²) >= 11 is 0. The number of aromatic nitrogens is 3. The van der Waals surface area contributed by atoms with E-state index in [4.69, 9.17) is 9.84 Å². The van der Waals surface area contributed by atoms with E-state index in [1.165, 1.54) is 16.3 Å². The van der Waals surface area contributed by atoms with Crippen molar-refractivity contribution in [2.45, 2.75) is 32.0 Å². The van der Waals surface area contributed by atoms with Gasteiger partial charge in [0.2, 0.25) is 0 Å². The highest BCUT2D eigenvalue weighted by Gasteiger charge is 2.21. The summed E-state index contributed by atoms with van der Waals surface area (Å²) in [6, 6.07) is 13.2. The number of nitrogens with zero attached hydrogens (tertiary/aromatic N) is 4. The van der Waals surface area contributed by atoms with E-state index in [1.54, 1.807) is 7.11 Å². The number of likely N-dealkylation sites (tertiary alicyclic amines) is 1. The monoisotopic (exact) mass is 352 g/mol. The average molecular weight is 352 g/mol. The first kappa shape index (κ1) is 17.0. The van der Waals surface area contributed by atoms with Gasteiger partial charge < -0.3 is 9.84 Å². The number of piperidine rings is 1. The zero-order valence-corrected chi connectivity index (χ0v) is 15.0. The van der Waals surface area contributed by atoms with E-state index >= 15 is 0 Å². The van der Waals surface area contributed by atoms with E-state index in [0.29, 0.717) is 11.7 Å². The summed E-state index contributed by atoms with van der Waals surface area (Å²) in [5, 5.41) is 19.7. The molecule has 26 heavy (non-hydrogen) atoms. The maximum absolute atomic E-state index is 9.13. The van der Waals surface area contributed by atoms with Gasteiger partial charge in [-0.1, -0.05) is 23.4 Å². The maximum atomic E-state index is 9.13. The number of hydrogen-bond donors (Lipinski definition) is 1. The van der Waals surface area contributed by atoms with Crippen molar-refractivity contribution >= 4 is 10.8 Å². The molecule has 0 bridgehead atoms. The Morgan fingerprint density at radius 1 is 1.12 bits per heavy atom. The normalized spacial score (nSPS) is 16.2. The smallest absolute Gasteiger partial charge is 0.119 e. The molecule has 4 rings (SSSR count). The molecule has 1 fully saturated rings. The quantitative estimate of drug-likeness (QED) is 0.765. The van der Waals surface area contributed by atoms with Crippen LogP contribution >= 0.6 is 0 Å².